The van der Waals surface area contributed by atoms with E-state index in [1.54, 1.807) is 7.11 Å². The Morgan fingerprint density at radius 1 is 1.12 bits per heavy atom. The molecule has 3 aliphatic rings. The lowest BCUT2D eigenvalue weighted by Crippen LogP contribution is -2.53. The van der Waals surface area contributed by atoms with Crippen LogP contribution in [0.2, 0.25) is 0 Å². The average molecular weight is 366 g/mol. The first-order valence-corrected chi connectivity index (χ1v) is 10.1. The third-order valence-electron chi connectivity index (χ3n) is 6.89. The molecule has 3 saturated heterocycles. The minimum atomic E-state index is -0.166. The number of hydrogen-bond acceptors (Lipinski definition) is 4. The molecule has 3 fully saturated rings. The molecule has 0 atom stereocenters. The third-order valence-corrected chi connectivity index (χ3v) is 6.89. The molecule has 2 spiro atoms. The molecular formula is C20H35N3O3. The Bertz CT molecular complexity index is 532. The standard InChI is InChI=1S/C20H35N3O3/c1-16(2)13-22-9-5-19(6-10-22)15-20(21(3)18(19)25)7-11-23(12-8-20)17(24)14-26-4/h16H,5-15H2,1-4H3. The van der Waals surface area contributed by atoms with Gasteiger partial charge in [0.2, 0.25) is 11.8 Å². The molecule has 0 radical (unpaired) electrons. The van der Waals surface area contributed by atoms with Gasteiger partial charge in [-0.3, -0.25) is 9.59 Å². The van der Waals surface area contributed by atoms with Gasteiger partial charge in [-0.2, -0.15) is 0 Å². The van der Waals surface area contributed by atoms with Crippen LogP contribution in [0.15, 0.2) is 0 Å². The van der Waals surface area contributed by atoms with Gasteiger partial charge in [0, 0.05) is 39.3 Å². The molecular weight excluding hydrogens is 330 g/mol. The first-order valence-electron chi connectivity index (χ1n) is 10.1. The largest absolute Gasteiger partial charge is 0.375 e. The van der Waals surface area contributed by atoms with Crippen molar-refractivity contribution in [2.75, 3.05) is 53.5 Å². The number of piperidine rings is 2. The second-order valence-electron chi connectivity index (χ2n) is 9.05. The van der Waals surface area contributed by atoms with Crippen molar-refractivity contribution >= 4 is 11.8 Å². The van der Waals surface area contributed by atoms with Crippen LogP contribution >= 0.6 is 0 Å². The second kappa shape index (κ2) is 7.47. The molecule has 0 aliphatic carbocycles. The molecule has 0 bridgehead atoms. The molecule has 2 amide bonds. The van der Waals surface area contributed by atoms with Crippen molar-refractivity contribution < 1.29 is 14.3 Å². The molecule has 6 nitrogen and oxygen atoms in total. The number of likely N-dealkylation sites (tertiary alicyclic amines) is 3. The van der Waals surface area contributed by atoms with Gasteiger partial charge in [-0.05, 0) is 51.1 Å². The quantitative estimate of drug-likeness (QED) is 0.759. The van der Waals surface area contributed by atoms with Crippen LogP contribution in [0.3, 0.4) is 0 Å². The highest BCUT2D eigenvalue weighted by Gasteiger charge is 2.58. The van der Waals surface area contributed by atoms with E-state index in [1.807, 2.05) is 16.8 Å². The van der Waals surface area contributed by atoms with E-state index in [-0.39, 0.29) is 23.5 Å². The van der Waals surface area contributed by atoms with E-state index in [0.717, 1.165) is 64.8 Å². The van der Waals surface area contributed by atoms with Gasteiger partial charge < -0.3 is 19.4 Å². The summed E-state index contributed by atoms with van der Waals surface area (Å²) >= 11 is 0. The van der Waals surface area contributed by atoms with Crippen LogP contribution in [-0.4, -0.2) is 85.5 Å². The molecule has 0 aromatic rings. The van der Waals surface area contributed by atoms with Crippen LogP contribution in [0.5, 0.6) is 0 Å². The van der Waals surface area contributed by atoms with Crippen molar-refractivity contribution in [1.29, 1.82) is 0 Å². The summed E-state index contributed by atoms with van der Waals surface area (Å²) < 4.78 is 4.98. The molecule has 148 valence electrons. The van der Waals surface area contributed by atoms with Crippen molar-refractivity contribution in [3.05, 3.63) is 0 Å². The van der Waals surface area contributed by atoms with Gasteiger partial charge in [0.15, 0.2) is 0 Å². The third kappa shape index (κ3) is 3.50. The highest BCUT2D eigenvalue weighted by molar-refractivity contribution is 5.86. The fourth-order valence-electron chi connectivity index (χ4n) is 5.37. The monoisotopic (exact) mass is 365 g/mol. The van der Waals surface area contributed by atoms with Crippen molar-refractivity contribution in [1.82, 2.24) is 14.7 Å². The number of ether oxygens (including phenoxy) is 1. The summed E-state index contributed by atoms with van der Waals surface area (Å²) in [6.07, 6.45) is 4.72. The summed E-state index contributed by atoms with van der Waals surface area (Å²) in [6.45, 7) is 9.32. The summed E-state index contributed by atoms with van der Waals surface area (Å²) in [5.74, 6) is 1.08. The van der Waals surface area contributed by atoms with Gasteiger partial charge in [-0.15, -0.1) is 0 Å². The lowest BCUT2D eigenvalue weighted by molar-refractivity contribution is -0.140. The van der Waals surface area contributed by atoms with Gasteiger partial charge in [-0.1, -0.05) is 13.8 Å². The Kier molecular flexibility index (Phi) is 5.63. The molecule has 3 heterocycles. The van der Waals surface area contributed by atoms with Gasteiger partial charge in [-0.25, -0.2) is 0 Å². The molecule has 0 saturated carbocycles. The van der Waals surface area contributed by atoms with Gasteiger partial charge in [0.25, 0.3) is 0 Å². The zero-order valence-electron chi connectivity index (χ0n) is 16.9. The van der Waals surface area contributed by atoms with Crippen LogP contribution in [-0.2, 0) is 14.3 Å². The molecule has 0 aromatic carbocycles. The van der Waals surface area contributed by atoms with Crippen LogP contribution in [0.4, 0.5) is 0 Å². The Morgan fingerprint density at radius 2 is 1.73 bits per heavy atom. The molecule has 26 heavy (non-hydrogen) atoms. The Hall–Kier alpha value is -1.14. The molecule has 0 unspecified atom stereocenters. The predicted molar refractivity (Wildman–Crippen MR) is 101 cm³/mol. The zero-order chi connectivity index (χ0) is 18.9. The van der Waals surface area contributed by atoms with Gasteiger partial charge >= 0.3 is 0 Å². The number of rotatable bonds is 4. The lowest BCUT2D eigenvalue weighted by Gasteiger charge is -2.44. The maximum atomic E-state index is 13.2. The van der Waals surface area contributed by atoms with Gasteiger partial charge in [0.05, 0.1) is 5.41 Å². The summed E-state index contributed by atoms with van der Waals surface area (Å²) in [5.41, 5.74) is -0.220. The van der Waals surface area contributed by atoms with Crippen molar-refractivity contribution in [2.24, 2.45) is 11.3 Å². The fraction of sp³-hybridized carbons (Fsp3) is 0.900. The first-order chi connectivity index (χ1) is 12.3. The predicted octanol–water partition coefficient (Wildman–Crippen LogP) is 1.59. The number of nitrogens with zero attached hydrogens (tertiary/aromatic N) is 3. The highest BCUT2D eigenvalue weighted by atomic mass is 16.5. The number of methoxy groups -OCH3 is 1. The fourth-order valence-corrected chi connectivity index (χ4v) is 5.37. The maximum Gasteiger partial charge on any atom is 0.248 e. The van der Waals surface area contributed by atoms with Crippen LogP contribution in [0.25, 0.3) is 0 Å². The molecule has 6 heteroatoms. The molecule has 0 N–H and O–H groups in total. The van der Waals surface area contributed by atoms with Crippen molar-refractivity contribution in [3.8, 4) is 0 Å². The van der Waals surface area contributed by atoms with Crippen LogP contribution in [0.1, 0.15) is 46.0 Å². The topological polar surface area (TPSA) is 53.1 Å². The van der Waals surface area contributed by atoms with Gasteiger partial charge in [0.1, 0.15) is 6.61 Å². The summed E-state index contributed by atoms with van der Waals surface area (Å²) in [5, 5.41) is 0. The molecule has 3 rings (SSSR count). The van der Waals surface area contributed by atoms with E-state index in [9.17, 15) is 9.59 Å². The molecule has 0 aromatic heterocycles. The SMILES string of the molecule is COCC(=O)N1CCC2(CC1)CC1(CCN(CC(C)C)CC1)C(=O)N2C. The Morgan fingerprint density at radius 3 is 2.27 bits per heavy atom. The van der Waals surface area contributed by atoms with Crippen LogP contribution in [0, 0.1) is 11.3 Å². The normalized spacial score (nSPS) is 25.7. The second-order valence-corrected chi connectivity index (χ2v) is 9.05. The van der Waals surface area contributed by atoms with E-state index in [0.29, 0.717) is 11.8 Å². The summed E-state index contributed by atoms with van der Waals surface area (Å²) in [6, 6.07) is 0. The minimum absolute atomic E-state index is 0.0544. The highest BCUT2D eigenvalue weighted by Crippen LogP contribution is 2.52. The lowest BCUT2D eigenvalue weighted by atomic mass is 9.71. The van der Waals surface area contributed by atoms with E-state index in [2.05, 4.69) is 18.7 Å². The first kappa shape index (κ1) is 19.6. The van der Waals surface area contributed by atoms with E-state index < -0.39 is 0 Å². The summed E-state index contributed by atoms with van der Waals surface area (Å²) in [7, 11) is 3.55. The summed E-state index contributed by atoms with van der Waals surface area (Å²) in [4.78, 5) is 31.7. The Labute approximate surface area is 157 Å². The van der Waals surface area contributed by atoms with Crippen molar-refractivity contribution in [2.45, 2.75) is 51.5 Å². The number of carbonyl (C=O) groups excluding carboxylic acids is 2. The maximum absolute atomic E-state index is 13.2. The number of amides is 2. The smallest absolute Gasteiger partial charge is 0.248 e. The van der Waals surface area contributed by atoms with E-state index >= 15 is 0 Å². The van der Waals surface area contributed by atoms with E-state index in [1.165, 1.54) is 0 Å². The number of carbonyl (C=O) groups is 2. The van der Waals surface area contributed by atoms with Crippen molar-refractivity contribution in [3.63, 3.8) is 0 Å². The molecule has 3 aliphatic heterocycles. The Balaban J connectivity index is 1.64. The average Bonchev–Trinajstić information content (AvgIpc) is 2.80. The minimum Gasteiger partial charge on any atom is -0.375 e. The van der Waals surface area contributed by atoms with Crippen LogP contribution < -0.4 is 0 Å². The van der Waals surface area contributed by atoms with E-state index in [4.69, 9.17) is 4.74 Å². The number of hydrogen-bond donors (Lipinski definition) is 0. The zero-order valence-corrected chi connectivity index (χ0v) is 16.9.